The number of hydrogen-bond donors (Lipinski definition) is 6. The average Bonchev–Trinajstić information content (AvgIpc) is 3.90. The molecular formula is C53H61FN8O11. The van der Waals surface area contributed by atoms with E-state index in [-0.39, 0.29) is 80.3 Å². The lowest BCUT2D eigenvalue weighted by atomic mass is 9.81. The zero-order chi connectivity index (χ0) is 52.3. The van der Waals surface area contributed by atoms with Crippen molar-refractivity contribution >= 4 is 58.2 Å². The van der Waals surface area contributed by atoms with E-state index >= 15 is 4.39 Å². The highest BCUT2D eigenvalue weighted by Gasteiger charge is 2.46. The van der Waals surface area contributed by atoms with Crippen LogP contribution in [-0.2, 0) is 70.0 Å². The van der Waals surface area contributed by atoms with Crippen molar-refractivity contribution in [2.45, 2.75) is 135 Å². The number of esters is 1. The molecule has 4 aliphatic rings. The lowest BCUT2D eigenvalue weighted by molar-refractivity contribution is -0.172. The summed E-state index contributed by atoms with van der Waals surface area (Å²) in [6, 6.07) is 7.07. The van der Waals surface area contributed by atoms with E-state index in [2.05, 4.69) is 21.3 Å². The summed E-state index contributed by atoms with van der Waals surface area (Å²) in [5.41, 5.74) is 8.19. The van der Waals surface area contributed by atoms with Crippen LogP contribution in [0.25, 0.3) is 22.3 Å². The molecule has 19 nitrogen and oxygen atoms in total. The number of nitrogens with two attached hydrogens (primary N) is 1. The number of nitrogens with one attached hydrogen (secondary N) is 4. The monoisotopic (exact) mass is 1000 g/mol. The number of rotatable bonds is 20. The van der Waals surface area contributed by atoms with Crippen LogP contribution in [0.1, 0.15) is 124 Å². The van der Waals surface area contributed by atoms with Crippen LogP contribution in [0, 0.1) is 18.7 Å². The SMILES string of the molecule is CC[C@@]1(O)C(=O)OCc2c1cc1n(c2=O)Cc2c-1nc1cc(F)c(C)c3c1c2[C@@H](NC(=O)OCc1ccc(NC(=O)[C@H](CCCCN)NC(=O)[C@@H](NC(=O)CCCCCN2C(=O)C=CC2=O)C(C)C)cc1)CC3. The normalized spacial score (nSPS) is 18.2. The van der Waals surface area contributed by atoms with Gasteiger partial charge in [-0.3, -0.25) is 33.7 Å². The largest absolute Gasteiger partial charge is 0.458 e. The van der Waals surface area contributed by atoms with Gasteiger partial charge < -0.3 is 46.1 Å². The second kappa shape index (κ2) is 21.8. The molecule has 2 aromatic carbocycles. The maximum Gasteiger partial charge on any atom is 0.407 e. The number of nitrogens with zero attached hydrogens (tertiary/aromatic N) is 3. The molecule has 1 aliphatic carbocycles. The molecule has 8 rings (SSSR count). The number of benzene rings is 2. The smallest absolute Gasteiger partial charge is 0.407 e. The fourth-order valence-corrected chi connectivity index (χ4v) is 10.1. The number of aliphatic hydroxyl groups is 1. The predicted octanol–water partition coefficient (Wildman–Crippen LogP) is 4.62. The molecule has 2 aromatic heterocycles. The van der Waals surface area contributed by atoms with Crippen molar-refractivity contribution in [3.05, 3.63) is 104 Å². The Morgan fingerprint density at radius 3 is 2.40 bits per heavy atom. The third kappa shape index (κ3) is 10.6. The van der Waals surface area contributed by atoms with Crippen LogP contribution in [-0.4, -0.2) is 86.3 Å². The van der Waals surface area contributed by atoms with Crippen LogP contribution < -0.4 is 32.6 Å². The van der Waals surface area contributed by atoms with Gasteiger partial charge >= 0.3 is 12.1 Å². The molecule has 0 radical (unpaired) electrons. The van der Waals surface area contributed by atoms with Crippen molar-refractivity contribution in [1.82, 2.24) is 30.4 Å². The number of amides is 6. The Bertz CT molecular complexity index is 2970. The van der Waals surface area contributed by atoms with Gasteiger partial charge in [-0.2, -0.15) is 0 Å². The van der Waals surface area contributed by atoms with Gasteiger partial charge in [-0.25, -0.2) is 19.0 Å². The molecule has 386 valence electrons. The maximum atomic E-state index is 15.4. The van der Waals surface area contributed by atoms with Gasteiger partial charge in [0.25, 0.3) is 17.4 Å². The molecule has 0 fully saturated rings. The van der Waals surface area contributed by atoms with Crippen LogP contribution in [0.2, 0.25) is 0 Å². The fourth-order valence-electron chi connectivity index (χ4n) is 10.1. The molecule has 0 unspecified atom stereocenters. The summed E-state index contributed by atoms with van der Waals surface area (Å²) >= 11 is 0. The molecule has 4 aromatic rings. The fraction of sp³-hybridized carbons (Fsp3) is 0.453. The predicted molar refractivity (Wildman–Crippen MR) is 265 cm³/mol. The first-order chi connectivity index (χ1) is 34.9. The zero-order valence-electron chi connectivity index (χ0n) is 41.4. The standard InChI is InChI=1S/C53H61FN8O11/c1-5-53(71)35-23-40-47-33(25-62(40)50(68)34(35)27-72-51(53)69)45-37(18-17-32-29(4)36(54)24-39(57-47)44(32)45)59-52(70)73-26-30-13-15-31(16-14-30)56-48(66)38(11-8-9-21-55)58-49(67)46(28(2)3)60-41(63)12-7-6-10-22-61-42(64)19-20-43(61)65/h13-16,19-20,23-24,28,37-38,46,71H,5-12,17-18,21-22,25-27,55H2,1-4H3,(H,56,66)(H,58,67)(H,59,70)(H,60,63)/t37-,38-,46-,53-/m0/s1. The third-order valence-electron chi connectivity index (χ3n) is 14.3. The number of fused-ring (bicyclic) bond motifs is 5. The van der Waals surface area contributed by atoms with Gasteiger partial charge in [-0.05, 0) is 111 Å². The van der Waals surface area contributed by atoms with Gasteiger partial charge in [-0.15, -0.1) is 0 Å². The summed E-state index contributed by atoms with van der Waals surface area (Å²) < 4.78 is 27.8. The molecule has 20 heteroatoms. The second-order valence-electron chi connectivity index (χ2n) is 19.4. The van der Waals surface area contributed by atoms with Crippen molar-refractivity contribution in [2.24, 2.45) is 11.7 Å². The van der Waals surface area contributed by atoms with E-state index in [1.807, 2.05) is 0 Å². The van der Waals surface area contributed by atoms with E-state index in [9.17, 15) is 43.5 Å². The van der Waals surface area contributed by atoms with Gasteiger partial charge in [0.05, 0.1) is 35.1 Å². The van der Waals surface area contributed by atoms with Crippen LogP contribution in [0.15, 0.2) is 53.3 Å². The van der Waals surface area contributed by atoms with Crippen molar-refractivity contribution in [3.63, 3.8) is 0 Å². The first-order valence-corrected chi connectivity index (χ1v) is 24.9. The number of pyridine rings is 2. The first kappa shape index (κ1) is 52.0. The van der Waals surface area contributed by atoms with E-state index in [1.165, 1.54) is 22.8 Å². The molecule has 7 N–H and O–H groups in total. The minimum atomic E-state index is -2.03. The Balaban J connectivity index is 0.894. The summed E-state index contributed by atoms with van der Waals surface area (Å²) in [4.78, 5) is 110. The molecule has 3 aliphatic heterocycles. The number of alkyl carbamates (subject to hydrolysis) is 1. The van der Waals surface area contributed by atoms with Crippen LogP contribution in [0.5, 0.6) is 0 Å². The molecule has 73 heavy (non-hydrogen) atoms. The molecule has 0 spiro atoms. The quantitative estimate of drug-likeness (QED) is 0.0354. The topological polar surface area (TPSA) is 270 Å². The van der Waals surface area contributed by atoms with Crippen molar-refractivity contribution in [1.29, 1.82) is 0 Å². The summed E-state index contributed by atoms with van der Waals surface area (Å²) in [6.07, 6.45) is 5.72. The number of cyclic esters (lactones) is 1. The average molecular weight is 1010 g/mol. The van der Waals surface area contributed by atoms with Crippen molar-refractivity contribution in [2.75, 3.05) is 18.4 Å². The van der Waals surface area contributed by atoms with E-state index < -0.39 is 59.0 Å². The van der Waals surface area contributed by atoms with Gasteiger partial charge in [-0.1, -0.05) is 39.3 Å². The maximum absolute atomic E-state index is 15.4. The second-order valence-corrected chi connectivity index (χ2v) is 19.4. The summed E-state index contributed by atoms with van der Waals surface area (Å²) in [6.45, 7) is 7.19. The number of carbonyl (C=O) groups excluding carboxylic acids is 7. The lowest BCUT2D eigenvalue weighted by Crippen LogP contribution is -2.54. The minimum absolute atomic E-state index is 0.0320. The Hall–Kier alpha value is -7.32. The molecule has 0 bridgehead atoms. The summed E-state index contributed by atoms with van der Waals surface area (Å²) in [5.74, 6) is -3.63. The van der Waals surface area contributed by atoms with Crippen molar-refractivity contribution in [3.8, 4) is 11.4 Å². The number of ether oxygens (including phenoxy) is 2. The molecule has 4 atom stereocenters. The summed E-state index contributed by atoms with van der Waals surface area (Å²) in [7, 11) is 0. The Labute approximate surface area is 420 Å². The van der Waals surface area contributed by atoms with Gasteiger partial charge in [0.1, 0.15) is 31.1 Å². The molecule has 0 saturated carbocycles. The van der Waals surface area contributed by atoms with Gasteiger partial charge in [0.15, 0.2) is 5.60 Å². The number of aromatic nitrogens is 2. The Morgan fingerprint density at radius 2 is 1.70 bits per heavy atom. The van der Waals surface area contributed by atoms with Crippen molar-refractivity contribution < 1.29 is 52.5 Å². The lowest BCUT2D eigenvalue weighted by Gasteiger charge is -2.31. The highest BCUT2D eigenvalue weighted by atomic mass is 19.1. The number of hydrogen-bond acceptors (Lipinski definition) is 13. The summed E-state index contributed by atoms with van der Waals surface area (Å²) in [5, 5.41) is 23.5. The number of imide groups is 1. The minimum Gasteiger partial charge on any atom is -0.458 e. The van der Waals surface area contributed by atoms with Gasteiger partial charge in [0.2, 0.25) is 17.7 Å². The van der Waals surface area contributed by atoms with Crippen LogP contribution >= 0.6 is 0 Å². The van der Waals surface area contributed by atoms with Crippen LogP contribution in [0.4, 0.5) is 14.9 Å². The van der Waals surface area contributed by atoms with E-state index in [1.54, 1.807) is 58.0 Å². The van der Waals surface area contributed by atoms with E-state index in [0.29, 0.717) is 102 Å². The number of anilines is 1. The highest BCUT2D eigenvalue weighted by molar-refractivity contribution is 6.12. The van der Waals surface area contributed by atoms with E-state index in [0.717, 1.165) is 10.5 Å². The van der Waals surface area contributed by atoms with Crippen LogP contribution in [0.3, 0.4) is 0 Å². The molecule has 6 amide bonds. The third-order valence-corrected chi connectivity index (χ3v) is 14.3. The number of carbonyl (C=O) groups is 7. The molecule has 0 saturated heterocycles. The number of unbranched alkanes of at least 4 members (excludes halogenated alkanes) is 3. The highest BCUT2D eigenvalue weighted by Crippen LogP contribution is 2.46. The number of aryl methyl sites for hydroxylation is 1. The molecule has 5 heterocycles. The Morgan fingerprint density at radius 1 is 0.959 bits per heavy atom. The number of halogens is 1. The molecular weight excluding hydrogens is 944 g/mol. The first-order valence-electron chi connectivity index (χ1n) is 24.9. The Kier molecular flexibility index (Phi) is 15.5. The zero-order valence-corrected chi connectivity index (χ0v) is 41.4. The van der Waals surface area contributed by atoms with E-state index in [4.69, 9.17) is 20.2 Å². The van der Waals surface area contributed by atoms with Gasteiger partial charge in [0, 0.05) is 53.4 Å².